The van der Waals surface area contributed by atoms with Gasteiger partial charge < -0.3 is 4.74 Å². The Kier molecular flexibility index (Phi) is 3.31. The number of hydrogen-bond acceptors (Lipinski definition) is 1. The van der Waals surface area contributed by atoms with Gasteiger partial charge >= 0.3 is 0 Å². The minimum atomic E-state index is 0.861. The van der Waals surface area contributed by atoms with Gasteiger partial charge in [0.15, 0.2) is 11.2 Å². The van der Waals surface area contributed by atoms with Crippen molar-refractivity contribution in [3.8, 4) is 22.7 Å². The van der Waals surface area contributed by atoms with Gasteiger partial charge in [0.2, 0.25) is 0 Å². The van der Waals surface area contributed by atoms with E-state index in [9.17, 15) is 0 Å². The Balaban J connectivity index is 1.98. The third-order valence-corrected chi connectivity index (χ3v) is 4.01. The standard InChI is InChI=1S/C20H17N2O/c1-23-18-12-10-17(11-13-18)22-15-21-14-6-5-9-19(21)20(22)16-7-3-2-4-8-16/h2-15H,1H3/q+1. The fraction of sp³-hybridized carbons (Fsp3) is 0.0500. The number of hydrogen-bond donors (Lipinski definition) is 0. The zero-order valence-electron chi connectivity index (χ0n) is 12.9. The maximum Gasteiger partial charge on any atom is 0.254 e. The summed E-state index contributed by atoms with van der Waals surface area (Å²) in [6.07, 6.45) is 4.18. The van der Waals surface area contributed by atoms with Crippen molar-refractivity contribution >= 4 is 5.52 Å². The number of aromatic nitrogens is 2. The summed E-state index contributed by atoms with van der Waals surface area (Å²) in [5.74, 6) is 0.861. The van der Waals surface area contributed by atoms with Crippen molar-refractivity contribution in [3.05, 3.63) is 85.3 Å². The van der Waals surface area contributed by atoms with Crippen molar-refractivity contribution in [1.29, 1.82) is 0 Å². The summed E-state index contributed by atoms with van der Waals surface area (Å²) >= 11 is 0. The molecule has 0 bridgehead atoms. The van der Waals surface area contributed by atoms with Gasteiger partial charge in [-0.15, -0.1) is 0 Å². The summed E-state index contributed by atoms with van der Waals surface area (Å²) in [7, 11) is 1.68. The number of pyridine rings is 1. The summed E-state index contributed by atoms with van der Waals surface area (Å²) in [4.78, 5) is 0. The Labute approximate surface area is 135 Å². The molecule has 2 heterocycles. The highest BCUT2D eigenvalue weighted by Gasteiger charge is 2.20. The van der Waals surface area contributed by atoms with Crippen LogP contribution in [0.3, 0.4) is 0 Å². The number of ether oxygens (including phenoxy) is 1. The van der Waals surface area contributed by atoms with Crippen molar-refractivity contribution in [2.75, 3.05) is 7.11 Å². The number of fused-ring (bicyclic) bond motifs is 1. The average Bonchev–Trinajstić information content (AvgIpc) is 3.02. The Bertz CT molecular complexity index is 940. The number of methoxy groups -OCH3 is 1. The molecule has 0 aliphatic rings. The third-order valence-electron chi connectivity index (χ3n) is 4.01. The van der Waals surface area contributed by atoms with E-state index in [2.05, 4.69) is 70.0 Å². The molecule has 23 heavy (non-hydrogen) atoms. The second-order valence-electron chi connectivity index (χ2n) is 5.39. The minimum Gasteiger partial charge on any atom is -0.497 e. The lowest BCUT2D eigenvalue weighted by Crippen LogP contribution is -2.16. The number of imidazole rings is 1. The van der Waals surface area contributed by atoms with E-state index in [1.165, 1.54) is 16.8 Å². The van der Waals surface area contributed by atoms with Crippen molar-refractivity contribution in [2.45, 2.75) is 0 Å². The maximum atomic E-state index is 5.26. The van der Waals surface area contributed by atoms with Gasteiger partial charge in [0.25, 0.3) is 6.33 Å². The van der Waals surface area contributed by atoms with Crippen molar-refractivity contribution in [3.63, 3.8) is 0 Å². The largest absolute Gasteiger partial charge is 0.497 e. The van der Waals surface area contributed by atoms with Crippen LogP contribution in [0, 0.1) is 0 Å². The molecule has 0 N–H and O–H groups in total. The molecule has 0 amide bonds. The van der Waals surface area contributed by atoms with Crippen molar-refractivity contribution < 1.29 is 9.14 Å². The predicted molar refractivity (Wildman–Crippen MR) is 90.9 cm³/mol. The molecule has 4 aromatic rings. The van der Waals surface area contributed by atoms with Crippen LogP contribution in [0.15, 0.2) is 85.3 Å². The van der Waals surface area contributed by atoms with Crippen molar-refractivity contribution in [2.24, 2.45) is 0 Å². The highest BCUT2D eigenvalue weighted by atomic mass is 16.5. The summed E-state index contributed by atoms with van der Waals surface area (Å²) < 4.78 is 9.62. The van der Waals surface area contributed by atoms with Gasteiger partial charge in [-0.25, -0.2) is 4.40 Å². The Morgan fingerprint density at radius 1 is 0.826 bits per heavy atom. The summed E-state index contributed by atoms with van der Waals surface area (Å²) in [5, 5.41) is 0. The second-order valence-corrected chi connectivity index (χ2v) is 5.39. The van der Waals surface area contributed by atoms with E-state index in [0.717, 1.165) is 11.4 Å². The van der Waals surface area contributed by atoms with Gasteiger partial charge in [0.1, 0.15) is 11.4 Å². The predicted octanol–water partition coefficient (Wildman–Crippen LogP) is 3.89. The first-order valence-corrected chi connectivity index (χ1v) is 7.58. The molecule has 2 aromatic carbocycles. The molecule has 0 aliphatic heterocycles. The van der Waals surface area contributed by atoms with Gasteiger partial charge in [0.05, 0.1) is 13.3 Å². The quantitative estimate of drug-likeness (QED) is 0.525. The first-order valence-electron chi connectivity index (χ1n) is 7.58. The normalized spacial score (nSPS) is 10.8. The van der Waals surface area contributed by atoms with Crippen LogP contribution < -0.4 is 9.14 Å². The third kappa shape index (κ3) is 2.36. The second kappa shape index (κ2) is 5.61. The molecule has 112 valence electrons. The first kappa shape index (κ1) is 13.6. The molecule has 0 saturated carbocycles. The monoisotopic (exact) mass is 301 g/mol. The van der Waals surface area contributed by atoms with Crippen LogP contribution in [0.5, 0.6) is 5.75 Å². The highest BCUT2D eigenvalue weighted by molar-refractivity contribution is 5.76. The van der Waals surface area contributed by atoms with E-state index >= 15 is 0 Å². The van der Waals surface area contributed by atoms with Crippen LogP contribution in [0.2, 0.25) is 0 Å². The zero-order chi connectivity index (χ0) is 15.6. The van der Waals surface area contributed by atoms with E-state index in [4.69, 9.17) is 4.74 Å². The Hall–Kier alpha value is -3.07. The number of rotatable bonds is 3. The topological polar surface area (TPSA) is 18.3 Å². The molecule has 3 heteroatoms. The smallest absolute Gasteiger partial charge is 0.254 e. The molecule has 2 aromatic heterocycles. The van der Waals surface area contributed by atoms with E-state index in [1.807, 2.05) is 24.3 Å². The SMILES string of the molecule is COc1ccc(-n2c[n+]3ccccc3c2-c2ccccc2)cc1. The summed E-state index contributed by atoms with van der Waals surface area (Å²) in [6.45, 7) is 0. The van der Waals surface area contributed by atoms with Gasteiger partial charge in [-0.1, -0.05) is 36.4 Å². The molecule has 0 radical (unpaired) electrons. The van der Waals surface area contributed by atoms with Gasteiger partial charge in [0, 0.05) is 5.56 Å². The molecule has 0 spiro atoms. The van der Waals surface area contributed by atoms with Crippen LogP contribution in [-0.2, 0) is 0 Å². The molecule has 0 saturated heterocycles. The van der Waals surface area contributed by atoms with Crippen LogP contribution in [0.25, 0.3) is 22.5 Å². The van der Waals surface area contributed by atoms with Crippen LogP contribution >= 0.6 is 0 Å². The van der Waals surface area contributed by atoms with Crippen LogP contribution in [-0.4, -0.2) is 11.7 Å². The average molecular weight is 301 g/mol. The van der Waals surface area contributed by atoms with Crippen LogP contribution in [0.1, 0.15) is 0 Å². The summed E-state index contributed by atoms with van der Waals surface area (Å²) in [5.41, 5.74) is 4.65. The highest BCUT2D eigenvalue weighted by Crippen LogP contribution is 2.27. The summed E-state index contributed by atoms with van der Waals surface area (Å²) in [6, 6.07) is 24.8. The molecule has 0 fully saturated rings. The van der Waals surface area contributed by atoms with E-state index in [-0.39, 0.29) is 0 Å². The minimum absolute atomic E-state index is 0.861. The fourth-order valence-corrected chi connectivity index (χ4v) is 2.88. The van der Waals surface area contributed by atoms with E-state index < -0.39 is 0 Å². The molecule has 4 rings (SSSR count). The molecule has 0 atom stereocenters. The van der Waals surface area contributed by atoms with Gasteiger partial charge in [-0.2, -0.15) is 4.57 Å². The fourth-order valence-electron chi connectivity index (χ4n) is 2.88. The first-order chi connectivity index (χ1) is 11.4. The lowest BCUT2D eigenvalue weighted by molar-refractivity contribution is -0.511. The molecular formula is C20H17N2O+. The van der Waals surface area contributed by atoms with E-state index in [0.29, 0.717) is 0 Å². The number of nitrogens with zero attached hydrogens (tertiary/aromatic N) is 2. The molecule has 0 unspecified atom stereocenters. The Morgan fingerprint density at radius 3 is 2.30 bits per heavy atom. The van der Waals surface area contributed by atoms with Crippen LogP contribution in [0.4, 0.5) is 0 Å². The van der Waals surface area contributed by atoms with Gasteiger partial charge in [-0.05, 0) is 36.4 Å². The number of benzene rings is 2. The van der Waals surface area contributed by atoms with Crippen molar-refractivity contribution in [1.82, 2.24) is 4.57 Å². The van der Waals surface area contributed by atoms with E-state index in [1.54, 1.807) is 7.11 Å². The lowest BCUT2D eigenvalue weighted by atomic mass is 10.1. The maximum absolute atomic E-state index is 5.26. The zero-order valence-corrected chi connectivity index (χ0v) is 12.9. The molecular weight excluding hydrogens is 284 g/mol. The Morgan fingerprint density at radius 2 is 1.57 bits per heavy atom. The molecule has 3 nitrogen and oxygen atoms in total. The van der Waals surface area contributed by atoms with Gasteiger partial charge in [-0.3, -0.25) is 0 Å². The lowest BCUT2D eigenvalue weighted by Gasteiger charge is -2.03. The molecule has 0 aliphatic carbocycles.